The van der Waals surface area contributed by atoms with Crippen LogP contribution in [-0.4, -0.2) is 10.7 Å². The third kappa shape index (κ3) is 2.99. The minimum atomic E-state index is 0.411. The fourth-order valence-corrected chi connectivity index (χ4v) is 1.60. The van der Waals surface area contributed by atoms with Crippen LogP contribution >= 0.6 is 23.2 Å². The maximum Gasteiger partial charge on any atom is 0.165 e. The Bertz CT molecular complexity index is 538. The molecule has 2 aromatic rings. The fraction of sp³-hybridized carbons (Fsp3) is 0.0909. The first-order chi connectivity index (χ1) is 8.16. The van der Waals surface area contributed by atoms with E-state index in [0.717, 1.165) is 0 Å². The molecule has 0 saturated heterocycles. The van der Waals surface area contributed by atoms with Gasteiger partial charge in [-0.15, -0.1) is 0 Å². The highest BCUT2D eigenvalue weighted by atomic mass is 35.5. The van der Waals surface area contributed by atoms with Crippen molar-refractivity contribution in [3.05, 3.63) is 46.5 Å². The van der Waals surface area contributed by atoms with Gasteiger partial charge in [-0.05, 0) is 25.1 Å². The second-order valence-electron chi connectivity index (χ2n) is 3.27. The van der Waals surface area contributed by atoms with Crippen LogP contribution in [0.2, 0.25) is 10.0 Å². The van der Waals surface area contributed by atoms with Crippen LogP contribution < -0.4 is 5.43 Å². The molecular formula is C11H9Cl2N3O. The highest BCUT2D eigenvalue weighted by molar-refractivity contribution is 6.35. The molecule has 2 heterocycles. The standard InChI is InChI=1S/C11H9Cl2N3O/c1-7(10-3-2-4-17-10)15-16-11-9(13)5-8(12)6-14-11/h2-6H,1H3,(H,14,16)/b15-7-. The van der Waals surface area contributed by atoms with E-state index in [1.165, 1.54) is 6.20 Å². The van der Waals surface area contributed by atoms with Gasteiger partial charge in [-0.3, -0.25) is 5.43 Å². The number of halogens is 2. The van der Waals surface area contributed by atoms with E-state index in [1.807, 2.05) is 13.0 Å². The third-order valence-corrected chi connectivity index (χ3v) is 2.51. The zero-order chi connectivity index (χ0) is 12.3. The number of anilines is 1. The molecule has 17 heavy (non-hydrogen) atoms. The van der Waals surface area contributed by atoms with Crippen molar-refractivity contribution in [3.8, 4) is 0 Å². The Hall–Kier alpha value is -1.52. The van der Waals surface area contributed by atoms with E-state index in [0.29, 0.717) is 27.3 Å². The Morgan fingerprint density at radius 2 is 2.29 bits per heavy atom. The van der Waals surface area contributed by atoms with Gasteiger partial charge in [0.05, 0.1) is 16.3 Å². The maximum atomic E-state index is 5.94. The molecule has 0 aliphatic carbocycles. The molecule has 1 N–H and O–H groups in total. The van der Waals surface area contributed by atoms with E-state index < -0.39 is 0 Å². The number of hydrogen-bond donors (Lipinski definition) is 1. The van der Waals surface area contributed by atoms with Crippen molar-refractivity contribution in [1.82, 2.24) is 4.98 Å². The van der Waals surface area contributed by atoms with Crippen LogP contribution in [0.25, 0.3) is 0 Å². The monoisotopic (exact) mass is 269 g/mol. The van der Waals surface area contributed by atoms with Crippen molar-refractivity contribution in [1.29, 1.82) is 0 Å². The largest absolute Gasteiger partial charge is 0.463 e. The number of rotatable bonds is 3. The first-order valence-electron chi connectivity index (χ1n) is 4.82. The van der Waals surface area contributed by atoms with Crippen molar-refractivity contribution in [3.63, 3.8) is 0 Å². The molecule has 0 aliphatic heterocycles. The Balaban J connectivity index is 2.14. The summed E-state index contributed by atoms with van der Waals surface area (Å²) in [6.07, 6.45) is 3.08. The summed E-state index contributed by atoms with van der Waals surface area (Å²) in [4.78, 5) is 4.02. The smallest absolute Gasteiger partial charge is 0.165 e. The van der Waals surface area contributed by atoms with Crippen LogP contribution in [0.15, 0.2) is 40.2 Å². The molecule has 2 aromatic heterocycles. The summed E-state index contributed by atoms with van der Waals surface area (Å²) >= 11 is 11.7. The summed E-state index contributed by atoms with van der Waals surface area (Å²) in [5.74, 6) is 1.13. The molecule has 0 atom stereocenters. The van der Waals surface area contributed by atoms with E-state index in [2.05, 4.69) is 15.5 Å². The summed E-state index contributed by atoms with van der Waals surface area (Å²) < 4.78 is 5.19. The minimum Gasteiger partial charge on any atom is -0.463 e. The summed E-state index contributed by atoms with van der Waals surface area (Å²) in [7, 11) is 0. The number of nitrogens with zero attached hydrogens (tertiary/aromatic N) is 2. The zero-order valence-electron chi connectivity index (χ0n) is 8.95. The molecule has 0 radical (unpaired) electrons. The normalized spacial score (nSPS) is 11.6. The SMILES string of the molecule is C/C(=N/Nc1ncc(Cl)cc1Cl)c1ccco1. The van der Waals surface area contributed by atoms with Gasteiger partial charge in [0.2, 0.25) is 0 Å². The van der Waals surface area contributed by atoms with Gasteiger partial charge in [0.1, 0.15) is 11.5 Å². The van der Waals surface area contributed by atoms with Crippen molar-refractivity contribution in [2.75, 3.05) is 5.43 Å². The van der Waals surface area contributed by atoms with Gasteiger partial charge in [-0.1, -0.05) is 23.2 Å². The molecule has 0 spiro atoms. The van der Waals surface area contributed by atoms with E-state index >= 15 is 0 Å². The molecule has 0 amide bonds. The highest BCUT2D eigenvalue weighted by Gasteiger charge is 2.03. The molecule has 0 saturated carbocycles. The van der Waals surface area contributed by atoms with E-state index in [9.17, 15) is 0 Å². The first-order valence-corrected chi connectivity index (χ1v) is 5.57. The fourth-order valence-electron chi connectivity index (χ4n) is 1.17. The Labute approximate surface area is 108 Å². The Morgan fingerprint density at radius 1 is 1.47 bits per heavy atom. The van der Waals surface area contributed by atoms with Crippen molar-refractivity contribution in [2.45, 2.75) is 6.92 Å². The molecule has 0 aliphatic rings. The topological polar surface area (TPSA) is 50.4 Å². The van der Waals surface area contributed by atoms with E-state index in [1.54, 1.807) is 18.4 Å². The summed E-state index contributed by atoms with van der Waals surface area (Å²) in [6.45, 7) is 1.82. The predicted octanol–water partition coefficient (Wildman–Crippen LogP) is 3.82. The lowest BCUT2D eigenvalue weighted by molar-refractivity contribution is 0.557. The average Bonchev–Trinajstić information content (AvgIpc) is 2.81. The molecule has 88 valence electrons. The zero-order valence-corrected chi connectivity index (χ0v) is 10.5. The lowest BCUT2D eigenvalue weighted by atomic mass is 10.3. The molecule has 6 heteroatoms. The van der Waals surface area contributed by atoms with Crippen molar-refractivity contribution in [2.24, 2.45) is 5.10 Å². The van der Waals surface area contributed by atoms with Gasteiger partial charge in [0.25, 0.3) is 0 Å². The van der Waals surface area contributed by atoms with Crippen LogP contribution in [0, 0.1) is 0 Å². The maximum absolute atomic E-state index is 5.94. The van der Waals surface area contributed by atoms with Gasteiger partial charge in [-0.25, -0.2) is 4.98 Å². The lowest BCUT2D eigenvalue weighted by Crippen LogP contribution is -2.00. The van der Waals surface area contributed by atoms with Gasteiger partial charge in [-0.2, -0.15) is 5.10 Å². The summed E-state index contributed by atoms with van der Waals surface area (Å²) in [6, 6.07) is 5.20. The first kappa shape index (κ1) is 12.0. The van der Waals surface area contributed by atoms with Crippen LogP contribution in [-0.2, 0) is 0 Å². The molecule has 0 aromatic carbocycles. The van der Waals surface area contributed by atoms with Crippen LogP contribution in [0.5, 0.6) is 0 Å². The molecule has 0 unspecified atom stereocenters. The number of pyridine rings is 1. The summed E-state index contributed by atoms with van der Waals surface area (Å²) in [5, 5.41) is 5.00. The van der Waals surface area contributed by atoms with E-state index in [-0.39, 0.29) is 0 Å². The molecule has 0 bridgehead atoms. The average molecular weight is 270 g/mol. The van der Waals surface area contributed by atoms with Crippen molar-refractivity contribution < 1.29 is 4.42 Å². The number of aromatic nitrogens is 1. The van der Waals surface area contributed by atoms with Crippen LogP contribution in [0.3, 0.4) is 0 Å². The number of hydrogen-bond acceptors (Lipinski definition) is 4. The summed E-state index contributed by atoms with van der Waals surface area (Å²) in [5.41, 5.74) is 3.45. The highest BCUT2D eigenvalue weighted by Crippen LogP contribution is 2.22. The van der Waals surface area contributed by atoms with Crippen LogP contribution in [0.4, 0.5) is 5.82 Å². The van der Waals surface area contributed by atoms with Crippen molar-refractivity contribution >= 4 is 34.7 Å². The second-order valence-corrected chi connectivity index (χ2v) is 4.11. The molecular weight excluding hydrogens is 261 g/mol. The van der Waals surface area contributed by atoms with Crippen LogP contribution in [0.1, 0.15) is 12.7 Å². The third-order valence-electron chi connectivity index (χ3n) is 2.02. The number of hydrazone groups is 1. The van der Waals surface area contributed by atoms with Gasteiger partial charge in [0, 0.05) is 6.20 Å². The lowest BCUT2D eigenvalue weighted by Gasteiger charge is -2.03. The number of nitrogens with one attached hydrogen (secondary N) is 1. The van der Waals surface area contributed by atoms with Gasteiger partial charge in [0.15, 0.2) is 5.82 Å². The molecule has 0 fully saturated rings. The molecule has 4 nitrogen and oxygen atoms in total. The Kier molecular flexibility index (Phi) is 3.66. The van der Waals surface area contributed by atoms with E-state index in [4.69, 9.17) is 27.6 Å². The predicted molar refractivity (Wildman–Crippen MR) is 68.8 cm³/mol. The quantitative estimate of drug-likeness (QED) is 0.681. The van der Waals surface area contributed by atoms with Gasteiger partial charge < -0.3 is 4.42 Å². The minimum absolute atomic E-state index is 0.411. The number of furan rings is 1. The molecule has 2 rings (SSSR count). The second kappa shape index (κ2) is 5.21. The Morgan fingerprint density at radius 3 is 2.94 bits per heavy atom. The van der Waals surface area contributed by atoms with Gasteiger partial charge >= 0.3 is 0 Å².